The fourth-order valence-electron chi connectivity index (χ4n) is 2.32. The second kappa shape index (κ2) is 19.6. The highest BCUT2D eigenvalue weighted by molar-refractivity contribution is 9.10. The molecule has 0 aliphatic heterocycles. The molecular weight excluding hydrogens is 640 g/mol. The van der Waals surface area contributed by atoms with Crippen molar-refractivity contribution >= 4 is 43.8 Å². The second-order valence-corrected chi connectivity index (χ2v) is 13.7. The summed E-state index contributed by atoms with van der Waals surface area (Å²) in [6, 6.07) is 0. The van der Waals surface area contributed by atoms with E-state index in [1.165, 1.54) is 6.92 Å². The summed E-state index contributed by atoms with van der Waals surface area (Å²) in [7, 11) is 0. The molecule has 38 heavy (non-hydrogen) atoms. The van der Waals surface area contributed by atoms with Crippen LogP contribution in [0, 0.1) is 5.41 Å². The van der Waals surface area contributed by atoms with Gasteiger partial charge < -0.3 is 48.5 Å². The molecule has 0 spiro atoms. The number of hydrogen-bond donors (Lipinski definition) is 3. The molecule has 0 bridgehead atoms. The molecule has 14 heteroatoms. The van der Waals surface area contributed by atoms with Crippen LogP contribution in [-0.2, 0) is 42.7 Å². The van der Waals surface area contributed by atoms with Gasteiger partial charge in [0.1, 0.15) is 29.1 Å². The fourth-order valence-corrected chi connectivity index (χ4v) is 2.56. The number of aliphatic hydroxyl groups excluding tert-OH is 3. The van der Waals surface area contributed by atoms with E-state index in [2.05, 4.69) is 31.9 Å². The first kappa shape index (κ1) is 37.6. The van der Waals surface area contributed by atoms with Crippen LogP contribution in [-0.4, -0.2) is 128 Å². The standard InChI is InChI=1S/C24H44Br2O12/c1-22(2,25)19(29)37-16-24(5,17-38-20(30)23(3,4)26)21(31)36-13-12-34-9-8-32-6-7-33-10-11-35-15-18(28)14-27/h18-19,27-29H,6-17H2,1-5H3. The van der Waals surface area contributed by atoms with Crippen LogP contribution in [0.3, 0.4) is 0 Å². The summed E-state index contributed by atoms with van der Waals surface area (Å²) in [5.41, 5.74) is -1.36. The van der Waals surface area contributed by atoms with Crippen LogP contribution in [0.5, 0.6) is 0 Å². The lowest BCUT2D eigenvalue weighted by molar-refractivity contribution is -0.181. The topological polar surface area (TPSA) is 159 Å². The van der Waals surface area contributed by atoms with Crippen molar-refractivity contribution < 1.29 is 58.1 Å². The van der Waals surface area contributed by atoms with Gasteiger partial charge in [0.25, 0.3) is 0 Å². The zero-order valence-electron chi connectivity index (χ0n) is 22.9. The van der Waals surface area contributed by atoms with Crippen LogP contribution in [0.25, 0.3) is 0 Å². The zero-order valence-corrected chi connectivity index (χ0v) is 26.1. The van der Waals surface area contributed by atoms with Gasteiger partial charge in [-0.2, -0.15) is 0 Å². The van der Waals surface area contributed by atoms with Crippen LogP contribution in [0.2, 0.25) is 0 Å². The molecule has 12 nitrogen and oxygen atoms in total. The maximum atomic E-state index is 12.8. The predicted molar refractivity (Wildman–Crippen MR) is 144 cm³/mol. The van der Waals surface area contributed by atoms with Crippen molar-refractivity contribution in [2.75, 3.05) is 79.3 Å². The number of alkyl halides is 2. The van der Waals surface area contributed by atoms with Crippen molar-refractivity contribution in [2.45, 2.75) is 55.7 Å². The molecule has 0 saturated heterocycles. The number of aliphatic hydroxyl groups is 3. The first-order chi connectivity index (χ1) is 17.6. The molecule has 0 aromatic carbocycles. The smallest absolute Gasteiger partial charge is 0.322 e. The Bertz CT molecular complexity index is 653. The molecule has 0 saturated carbocycles. The minimum absolute atomic E-state index is 0.0348. The Balaban J connectivity index is 4.25. The lowest BCUT2D eigenvalue weighted by Crippen LogP contribution is -2.44. The number of carbonyl (C=O) groups excluding carboxylic acids is 2. The third-order valence-corrected chi connectivity index (χ3v) is 5.46. The Labute approximate surface area is 241 Å². The van der Waals surface area contributed by atoms with Gasteiger partial charge in [-0.1, -0.05) is 31.9 Å². The van der Waals surface area contributed by atoms with E-state index in [0.29, 0.717) is 33.0 Å². The van der Waals surface area contributed by atoms with Gasteiger partial charge in [-0.25, -0.2) is 0 Å². The van der Waals surface area contributed by atoms with Crippen LogP contribution in [0.1, 0.15) is 34.6 Å². The van der Waals surface area contributed by atoms with Crippen molar-refractivity contribution in [1.82, 2.24) is 0 Å². The number of esters is 2. The highest BCUT2D eigenvalue weighted by Gasteiger charge is 2.40. The first-order valence-electron chi connectivity index (χ1n) is 12.3. The van der Waals surface area contributed by atoms with Crippen molar-refractivity contribution in [1.29, 1.82) is 0 Å². The average molecular weight is 684 g/mol. The molecule has 0 fully saturated rings. The average Bonchev–Trinajstić information content (AvgIpc) is 2.84. The summed E-state index contributed by atoms with van der Waals surface area (Å²) in [4.78, 5) is 25.0. The molecular formula is C24H44Br2O12. The molecule has 3 N–H and O–H groups in total. The van der Waals surface area contributed by atoms with Gasteiger partial charge in [-0.15, -0.1) is 0 Å². The van der Waals surface area contributed by atoms with Gasteiger partial charge in [-0.3, -0.25) is 9.59 Å². The van der Waals surface area contributed by atoms with Crippen molar-refractivity contribution in [3.05, 3.63) is 0 Å². The normalized spacial score (nSPS) is 15.5. The van der Waals surface area contributed by atoms with E-state index in [9.17, 15) is 14.7 Å². The molecule has 0 heterocycles. The molecule has 0 amide bonds. The van der Waals surface area contributed by atoms with E-state index in [-0.39, 0.29) is 46.2 Å². The Hall–Kier alpha value is -0.420. The minimum atomic E-state index is -1.36. The molecule has 3 atom stereocenters. The largest absolute Gasteiger partial charge is 0.463 e. The predicted octanol–water partition coefficient (Wildman–Crippen LogP) is 1.18. The molecule has 0 rings (SSSR count). The number of rotatable bonds is 23. The van der Waals surface area contributed by atoms with Gasteiger partial charge >= 0.3 is 11.9 Å². The molecule has 3 unspecified atom stereocenters. The fraction of sp³-hybridized carbons (Fsp3) is 0.917. The van der Waals surface area contributed by atoms with Crippen LogP contribution < -0.4 is 0 Å². The van der Waals surface area contributed by atoms with Crippen molar-refractivity contribution in [2.24, 2.45) is 5.41 Å². The van der Waals surface area contributed by atoms with E-state index in [4.69, 9.17) is 43.4 Å². The maximum absolute atomic E-state index is 12.8. The minimum Gasteiger partial charge on any atom is -0.463 e. The number of halogens is 2. The van der Waals surface area contributed by atoms with Gasteiger partial charge in [0.15, 0.2) is 6.29 Å². The highest BCUT2D eigenvalue weighted by atomic mass is 79.9. The Morgan fingerprint density at radius 1 is 0.711 bits per heavy atom. The van der Waals surface area contributed by atoms with E-state index in [1.54, 1.807) is 27.7 Å². The second-order valence-electron chi connectivity index (χ2n) is 9.72. The van der Waals surface area contributed by atoms with Gasteiger partial charge in [0.2, 0.25) is 0 Å². The summed E-state index contributed by atoms with van der Waals surface area (Å²) in [5.74, 6) is -1.22. The summed E-state index contributed by atoms with van der Waals surface area (Å²) in [6.45, 7) is 9.41. The molecule has 0 aromatic heterocycles. The van der Waals surface area contributed by atoms with E-state index < -0.39 is 38.4 Å². The van der Waals surface area contributed by atoms with Crippen LogP contribution in [0.15, 0.2) is 0 Å². The SMILES string of the molecule is CC(C)(Br)C(=O)OCC(C)(COC(O)C(C)(C)Br)C(=O)OCCOCCOCCOCCOCC(O)CO. The zero-order chi connectivity index (χ0) is 29.2. The molecule has 0 aliphatic rings. The molecule has 0 aromatic rings. The van der Waals surface area contributed by atoms with E-state index in [1.807, 2.05) is 0 Å². The summed E-state index contributed by atoms with van der Waals surface area (Å²) >= 11 is 6.53. The first-order valence-corrected chi connectivity index (χ1v) is 13.8. The quantitative estimate of drug-likeness (QED) is 0.0612. The van der Waals surface area contributed by atoms with Crippen molar-refractivity contribution in [3.63, 3.8) is 0 Å². The van der Waals surface area contributed by atoms with Crippen LogP contribution >= 0.6 is 31.9 Å². The number of carbonyl (C=O) groups is 2. The third kappa shape index (κ3) is 18.0. The number of ether oxygens (including phenoxy) is 7. The highest BCUT2D eigenvalue weighted by Crippen LogP contribution is 2.27. The maximum Gasteiger partial charge on any atom is 0.322 e. The number of hydrogen-bond acceptors (Lipinski definition) is 12. The Kier molecular flexibility index (Phi) is 19.4. The van der Waals surface area contributed by atoms with Gasteiger partial charge in [-0.05, 0) is 34.6 Å². The van der Waals surface area contributed by atoms with Crippen molar-refractivity contribution in [3.8, 4) is 0 Å². The lowest BCUT2D eigenvalue weighted by Gasteiger charge is -2.31. The van der Waals surface area contributed by atoms with Gasteiger partial charge in [0.05, 0.1) is 70.4 Å². The molecule has 226 valence electrons. The summed E-state index contributed by atoms with van der Waals surface area (Å²) in [5, 5.41) is 27.9. The molecule has 0 aliphatic carbocycles. The Morgan fingerprint density at radius 2 is 1.18 bits per heavy atom. The van der Waals surface area contributed by atoms with Gasteiger partial charge in [0, 0.05) is 0 Å². The lowest BCUT2D eigenvalue weighted by atomic mass is 9.93. The summed E-state index contributed by atoms with van der Waals surface area (Å²) in [6.07, 6.45) is -2.10. The van der Waals surface area contributed by atoms with E-state index in [0.717, 1.165) is 0 Å². The Morgan fingerprint density at radius 3 is 1.63 bits per heavy atom. The third-order valence-electron chi connectivity index (χ3n) is 4.74. The van der Waals surface area contributed by atoms with Crippen LogP contribution in [0.4, 0.5) is 0 Å². The summed E-state index contributed by atoms with van der Waals surface area (Å²) < 4.78 is 35.6. The molecule has 0 radical (unpaired) electrons. The monoisotopic (exact) mass is 682 g/mol. The van der Waals surface area contributed by atoms with E-state index >= 15 is 0 Å².